The number of aromatic nitrogens is 1. The van der Waals surface area contributed by atoms with E-state index in [-0.39, 0.29) is 6.10 Å². The Morgan fingerprint density at radius 2 is 1.91 bits per heavy atom. The summed E-state index contributed by atoms with van der Waals surface area (Å²) in [5.41, 5.74) is 1.80. The van der Waals surface area contributed by atoms with E-state index in [2.05, 4.69) is 23.0 Å². The lowest BCUT2D eigenvalue weighted by Crippen LogP contribution is -2.54. The van der Waals surface area contributed by atoms with E-state index in [4.69, 9.17) is 22.2 Å². The van der Waals surface area contributed by atoms with Crippen LogP contribution in [0.5, 0.6) is 5.75 Å². The van der Waals surface area contributed by atoms with Crippen LogP contribution >= 0.6 is 12.2 Å². The fourth-order valence-corrected chi connectivity index (χ4v) is 4.28. The first-order valence-corrected chi connectivity index (χ1v) is 11.4. The van der Waals surface area contributed by atoms with Crippen LogP contribution < -0.4 is 14.5 Å². The molecule has 8 heteroatoms. The number of anilines is 2. The molecule has 1 fully saturated rings. The number of nitrogens with zero attached hydrogens (tertiary/aromatic N) is 5. The molecular weight excluding hydrogens is 434 g/mol. The van der Waals surface area contributed by atoms with Crippen LogP contribution in [0.2, 0.25) is 0 Å². The average Bonchev–Trinajstić information content (AvgIpc) is 2.81. The minimum Gasteiger partial charge on any atom is -0.490 e. The Bertz CT molecular complexity index is 1040. The van der Waals surface area contributed by atoms with Gasteiger partial charge in [-0.3, -0.25) is 0 Å². The number of carbonyl (C=O) groups is 1. The highest BCUT2D eigenvalue weighted by Gasteiger charge is 2.32. The SMILES string of the molecule is Cc1cc(N(C)C(=S)N(c2ccc(OC3CCN(C)CC3)cc2)C(C)(C)C=O)cnc1C#N. The maximum absolute atomic E-state index is 12.0. The minimum absolute atomic E-state index is 0.217. The molecule has 0 spiro atoms. The van der Waals surface area contributed by atoms with Crippen molar-refractivity contribution in [1.82, 2.24) is 9.88 Å². The van der Waals surface area contributed by atoms with Gasteiger partial charge in [-0.15, -0.1) is 0 Å². The number of rotatable bonds is 6. The molecule has 0 atom stereocenters. The molecule has 2 aromatic rings. The predicted octanol–water partition coefficient (Wildman–Crippen LogP) is 3.94. The van der Waals surface area contributed by atoms with E-state index in [1.165, 1.54) is 0 Å². The third-order valence-electron chi connectivity index (χ3n) is 5.96. The topological polar surface area (TPSA) is 72.7 Å². The molecule has 1 aliphatic rings. The molecule has 1 saturated heterocycles. The van der Waals surface area contributed by atoms with Crippen LogP contribution in [0.15, 0.2) is 36.5 Å². The quantitative estimate of drug-likeness (QED) is 0.469. The normalized spacial score (nSPS) is 14.9. The minimum atomic E-state index is -0.878. The van der Waals surface area contributed by atoms with Crippen molar-refractivity contribution in [3.8, 4) is 11.8 Å². The van der Waals surface area contributed by atoms with Crippen molar-refractivity contribution < 1.29 is 9.53 Å². The molecule has 1 aliphatic heterocycles. The van der Waals surface area contributed by atoms with Gasteiger partial charge in [0.25, 0.3) is 0 Å². The number of carbonyl (C=O) groups excluding carboxylic acids is 1. The van der Waals surface area contributed by atoms with E-state index in [9.17, 15) is 4.79 Å². The third kappa shape index (κ3) is 5.67. The number of hydrogen-bond donors (Lipinski definition) is 0. The Kier molecular flexibility index (Phi) is 7.67. The largest absolute Gasteiger partial charge is 0.490 e. The van der Waals surface area contributed by atoms with E-state index in [0.717, 1.165) is 54.9 Å². The zero-order valence-corrected chi connectivity index (χ0v) is 20.7. The predicted molar refractivity (Wildman–Crippen MR) is 135 cm³/mol. The zero-order chi connectivity index (χ0) is 24.2. The van der Waals surface area contributed by atoms with Crippen LogP contribution in [0.3, 0.4) is 0 Å². The van der Waals surface area contributed by atoms with Gasteiger partial charge in [-0.1, -0.05) is 0 Å². The van der Waals surface area contributed by atoms with Crippen molar-refractivity contribution >= 4 is 35.0 Å². The molecule has 0 aliphatic carbocycles. The van der Waals surface area contributed by atoms with Crippen LogP contribution in [-0.4, -0.2) is 60.1 Å². The highest BCUT2D eigenvalue weighted by molar-refractivity contribution is 7.80. The van der Waals surface area contributed by atoms with E-state index in [1.54, 1.807) is 11.1 Å². The lowest BCUT2D eigenvalue weighted by Gasteiger charge is -2.39. The summed E-state index contributed by atoms with van der Waals surface area (Å²) in [6.07, 6.45) is 4.74. The summed E-state index contributed by atoms with van der Waals surface area (Å²) in [6.45, 7) is 7.56. The molecule has 0 radical (unpaired) electrons. The number of hydrogen-bond acceptors (Lipinski definition) is 6. The first-order valence-electron chi connectivity index (χ1n) is 11.0. The Morgan fingerprint density at radius 3 is 2.45 bits per heavy atom. The smallest absolute Gasteiger partial charge is 0.181 e. The Morgan fingerprint density at radius 1 is 1.27 bits per heavy atom. The van der Waals surface area contributed by atoms with Crippen molar-refractivity contribution in [3.05, 3.63) is 47.8 Å². The monoisotopic (exact) mass is 465 g/mol. The molecule has 174 valence electrons. The second kappa shape index (κ2) is 10.3. The van der Waals surface area contributed by atoms with Crippen molar-refractivity contribution in [1.29, 1.82) is 5.26 Å². The molecule has 0 amide bonds. The average molecular weight is 466 g/mol. The fraction of sp³-hybridized carbons (Fsp3) is 0.440. The summed E-state index contributed by atoms with van der Waals surface area (Å²) >= 11 is 5.82. The molecular formula is C25H31N5O2S. The molecule has 0 saturated carbocycles. The van der Waals surface area contributed by atoms with Gasteiger partial charge < -0.3 is 24.2 Å². The molecule has 1 aromatic heterocycles. The van der Waals surface area contributed by atoms with Gasteiger partial charge in [0, 0.05) is 25.8 Å². The Balaban J connectivity index is 1.83. The van der Waals surface area contributed by atoms with Gasteiger partial charge in [-0.2, -0.15) is 5.26 Å². The number of thiocarbonyl (C=S) groups is 1. The molecule has 1 aromatic carbocycles. The van der Waals surface area contributed by atoms with Crippen molar-refractivity contribution in [2.75, 3.05) is 37.0 Å². The molecule has 2 heterocycles. The number of piperidine rings is 1. The van der Waals surface area contributed by atoms with Gasteiger partial charge in [-0.05, 0) is 88.8 Å². The first-order chi connectivity index (χ1) is 15.7. The van der Waals surface area contributed by atoms with Crippen LogP contribution in [0.1, 0.15) is 37.9 Å². The number of pyridine rings is 1. The maximum Gasteiger partial charge on any atom is 0.181 e. The molecule has 33 heavy (non-hydrogen) atoms. The first kappa shape index (κ1) is 24.6. The van der Waals surface area contributed by atoms with Gasteiger partial charge in [0.2, 0.25) is 0 Å². The molecule has 0 N–H and O–H groups in total. The van der Waals surface area contributed by atoms with E-state index >= 15 is 0 Å². The number of ether oxygens (including phenoxy) is 1. The van der Waals surface area contributed by atoms with Crippen LogP contribution in [-0.2, 0) is 4.79 Å². The Hall–Kier alpha value is -3.02. The second-order valence-corrected chi connectivity index (χ2v) is 9.40. The number of nitriles is 1. The van der Waals surface area contributed by atoms with Crippen LogP contribution in [0.4, 0.5) is 11.4 Å². The Labute approximate surface area is 201 Å². The second-order valence-electron chi connectivity index (χ2n) is 9.03. The van der Waals surface area contributed by atoms with E-state index in [0.29, 0.717) is 10.8 Å². The molecule has 0 unspecified atom stereocenters. The van der Waals surface area contributed by atoms with E-state index in [1.807, 2.05) is 63.1 Å². The molecule has 3 rings (SSSR count). The number of benzene rings is 1. The molecule has 7 nitrogen and oxygen atoms in total. The lowest BCUT2D eigenvalue weighted by atomic mass is 10.0. The highest BCUT2D eigenvalue weighted by Crippen LogP contribution is 2.29. The summed E-state index contributed by atoms with van der Waals surface area (Å²) in [7, 11) is 3.96. The van der Waals surface area contributed by atoms with Crippen molar-refractivity contribution in [3.63, 3.8) is 0 Å². The summed E-state index contributed by atoms with van der Waals surface area (Å²) in [6, 6.07) is 11.7. The van der Waals surface area contributed by atoms with Crippen molar-refractivity contribution in [2.45, 2.75) is 45.3 Å². The van der Waals surface area contributed by atoms with Crippen LogP contribution in [0, 0.1) is 18.3 Å². The highest BCUT2D eigenvalue weighted by atomic mass is 32.1. The lowest BCUT2D eigenvalue weighted by molar-refractivity contribution is -0.111. The van der Waals surface area contributed by atoms with Gasteiger partial charge in [0.05, 0.1) is 17.4 Å². The van der Waals surface area contributed by atoms with Gasteiger partial charge >= 0.3 is 0 Å². The number of aryl methyl sites for hydroxylation is 1. The van der Waals surface area contributed by atoms with E-state index < -0.39 is 5.54 Å². The summed E-state index contributed by atoms with van der Waals surface area (Å²) in [5, 5.41) is 9.61. The maximum atomic E-state index is 12.0. The number of likely N-dealkylation sites (tertiary alicyclic amines) is 1. The van der Waals surface area contributed by atoms with Gasteiger partial charge in [0.1, 0.15) is 29.9 Å². The van der Waals surface area contributed by atoms with Gasteiger partial charge in [0.15, 0.2) is 5.11 Å². The standard InChI is InChI=1S/C25H31N5O2S/c1-18-14-20(16-27-23(18)15-26)29(5)24(33)30(25(2,3)17-31)19-6-8-21(9-7-19)32-22-10-12-28(4)13-11-22/h6-9,14,16-17,22H,10-13H2,1-5H3. The summed E-state index contributed by atoms with van der Waals surface area (Å²) < 4.78 is 6.17. The summed E-state index contributed by atoms with van der Waals surface area (Å²) in [5.74, 6) is 0.809. The summed E-state index contributed by atoms with van der Waals surface area (Å²) in [4.78, 5) is 22.1. The zero-order valence-electron chi connectivity index (χ0n) is 19.9. The van der Waals surface area contributed by atoms with Crippen molar-refractivity contribution in [2.24, 2.45) is 0 Å². The molecule has 0 bridgehead atoms. The fourth-order valence-electron chi connectivity index (χ4n) is 3.83. The van der Waals surface area contributed by atoms with Crippen LogP contribution in [0.25, 0.3) is 0 Å². The number of aldehydes is 1. The van der Waals surface area contributed by atoms with Gasteiger partial charge in [-0.25, -0.2) is 4.98 Å². The third-order valence-corrected chi connectivity index (χ3v) is 6.42.